The second-order valence-corrected chi connectivity index (χ2v) is 4.91. The van der Waals surface area contributed by atoms with Gasteiger partial charge in [0.1, 0.15) is 0 Å². The number of rotatable bonds is 8. The fraction of sp³-hybridized carbons (Fsp3) is 0.667. The Labute approximate surface area is 115 Å². The van der Waals surface area contributed by atoms with E-state index in [-0.39, 0.29) is 6.10 Å². The highest BCUT2D eigenvalue weighted by Gasteiger charge is 2.24. The molecule has 2 heterocycles. The highest BCUT2D eigenvalue weighted by Crippen LogP contribution is 2.19. The van der Waals surface area contributed by atoms with Crippen LogP contribution < -0.4 is 5.32 Å². The minimum atomic E-state index is 0.271. The zero-order valence-electron chi connectivity index (χ0n) is 11.7. The second-order valence-electron chi connectivity index (χ2n) is 4.91. The maximum atomic E-state index is 5.91. The summed E-state index contributed by atoms with van der Waals surface area (Å²) in [6, 6.07) is 5.97. The van der Waals surface area contributed by atoms with Gasteiger partial charge in [0.15, 0.2) is 0 Å². The van der Waals surface area contributed by atoms with Crippen molar-refractivity contribution in [2.75, 3.05) is 26.3 Å². The first-order valence-electron chi connectivity index (χ1n) is 7.22. The fourth-order valence-corrected chi connectivity index (χ4v) is 2.30. The summed E-state index contributed by atoms with van der Waals surface area (Å²) in [7, 11) is 0. The average Bonchev–Trinajstić information content (AvgIpc) is 2.90. The van der Waals surface area contributed by atoms with Crippen molar-refractivity contribution in [1.82, 2.24) is 10.3 Å². The zero-order valence-corrected chi connectivity index (χ0v) is 11.7. The lowest BCUT2D eigenvalue weighted by Gasteiger charge is -2.14. The van der Waals surface area contributed by atoms with Crippen LogP contribution >= 0.6 is 0 Å². The highest BCUT2D eigenvalue weighted by atomic mass is 16.5. The lowest BCUT2D eigenvalue weighted by molar-refractivity contribution is -0.0135. The quantitative estimate of drug-likeness (QED) is 0.727. The van der Waals surface area contributed by atoms with Crippen LogP contribution in [0.3, 0.4) is 0 Å². The molecule has 0 spiro atoms. The zero-order chi connectivity index (χ0) is 13.3. The van der Waals surface area contributed by atoms with E-state index in [4.69, 9.17) is 9.47 Å². The van der Waals surface area contributed by atoms with Gasteiger partial charge in [0.25, 0.3) is 0 Å². The summed E-state index contributed by atoms with van der Waals surface area (Å²) in [5, 5.41) is 3.33. The SMILES string of the molecule is CCNCC1CCC(COCCc2ccccn2)O1. The van der Waals surface area contributed by atoms with E-state index in [2.05, 4.69) is 17.2 Å². The number of likely N-dealkylation sites (N-methyl/N-ethyl adjacent to an activating group) is 1. The average molecular weight is 264 g/mol. The Morgan fingerprint density at radius 1 is 1.37 bits per heavy atom. The molecule has 1 aromatic rings. The molecule has 19 heavy (non-hydrogen) atoms. The minimum absolute atomic E-state index is 0.271. The summed E-state index contributed by atoms with van der Waals surface area (Å²) in [6.07, 6.45) is 5.58. The Kier molecular flexibility index (Phi) is 6.27. The van der Waals surface area contributed by atoms with Crippen molar-refractivity contribution in [1.29, 1.82) is 0 Å². The molecule has 106 valence electrons. The third kappa shape index (κ3) is 5.27. The molecular formula is C15H24N2O2. The Bertz CT molecular complexity index is 345. The van der Waals surface area contributed by atoms with Crippen LogP contribution in [0.4, 0.5) is 0 Å². The predicted molar refractivity (Wildman–Crippen MR) is 75.2 cm³/mol. The van der Waals surface area contributed by atoms with Crippen LogP contribution in [0.25, 0.3) is 0 Å². The molecule has 1 saturated heterocycles. The van der Waals surface area contributed by atoms with Crippen LogP contribution in [-0.4, -0.2) is 43.5 Å². The largest absolute Gasteiger partial charge is 0.378 e. The van der Waals surface area contributed by atoms with Gasteiger partial charge in [-0.1, -0.05) is 13.0 Å². The van der Waals surface area contributed by atoms with E-state index in [1.165, 1.54) is 0 Å². The molecule has 4 nitrogen and oxygen atoms in total. The van der Waals surface area contributed by atoms with Crippen molar-refractivity contribution >= 4 is 0 Å². The minimum Gasteiger partial charge on any atom is -0.378 e. The van der Waals surface area contributed by atoms with Gasteiger partial charge < -0.3 is 14.8 Å². The van der Waals surface area contributed by atoms with Crippen LogP contribution in [0.15, 0.2) is 24.4 Å². The summed E-state index contributed by atoms with van der Waals surface area (Å²) >= 11 is 0. The van der Waals surface area contributed by atoms with Gasteiger partial charge in [-0.15, -0.1) is 0 Å². The Morgan fingerprint density at radius 2 is 2.26 bits per heavy atom. The van der Waals surface area contributed by atoms with Crippen molar-refractivity contribution in [2.24, 2.45) is 0 Å². The summed E-state index contributed by atoms with van der Waals surface area (Å²) in [5.41, 5.74) is 1.08. The molecule has 2 atom stereocenters. The first kappa shape index (κ1) is 14.4. The van der Waals surface area contributed by atoms with Crippen molar-refractivity contribution in [3.8, 4) is 0 Å². The molecule has 0 aromatic carbocycles. The van der Waals surface area contributed by atoms with Crippen molar-refractivity contribution < 1.29 is 9.47 Å². The Balaban J connectivity index is 1.54. The van der Waals surface area contributed by atoms with Gasteiger partial charge in [0, 0.05) is 24.9 Å². The molecular weight excluding hydrogens is 240 g/mol. The smallest absolute Gasteiger partial charge is 0.0813 e. The van der Waals surface area contributed by atoms with Crippen molar-refractivity contribution in [3.63, 3.8) is 0 Å². The molecule has 1 N–H and O–H groups in total. The standard InChI is InChI=1S/C15H24N2O2/c1-2-16-11-14-6-7-15(19-14)12-18-10-8-13-5-3-4-9-17-13/h3-5,9,14-16H,2,6-8,10-12H2,1H3. The van der Waals surface area contributed by atoms with E-state index in [9.17, 15) is 0 Å². The molecule has 1 aliphatic heterocycles. The molecule has 0 amide bonds. The van der Waals surface area contributed by atoms with Gasteiger partial charge in [-0.05, 0) is 31.5 Å². The van der Waals surface area contributed by atoms with Gasteiger partial charge in [-0.2, -0.15) is 0 Å². The molecule has 1 aliphatic rings. The highest BCUT2D eigenvalue weighted by molar-refractivity contribution is 5.03. The first-order chi connectivity index (χ1) is 9.38. The second kappa shape index (κ2) is 8.25. The Hall–Kier alpha value is -0.970. The van der Waals surface area contributed by atoms with Gasteiger partial charge in [-0.3, -0.25) is 4.98 Å². The maximum absolute atomic E-state index is 5.91. The molecule has 0 bridgehead atoms. The van der Waals surface area contributed by atoms with E-state index < -0.39 is 0 Å². The van der Waals surface area contributed by atoms with Crippen LogP contribution in [0.1, 0.15) is 25.5 Å². The van der Waals surface area contributed by atoms with E-state index >= 15 is 0 Å². The number of nitrogens with zero attached hydrogens (tertiary/aromatic N) is 1. The molecule has 1 aromatic heterocycles. The van der Waals surface area contributed by atoms with E-state index in [0.29, 0.717) is 12.7 Å². The summed E-state index contributed by atoms with van der Waals surface area (Å²) in [4.78, 5) is 4.27. The van der Waals surface area contributed by atoms with Crippen molar-refractivity contribution in [2.45, 2.75) is 38.4 Å². The third-order valence-electron chi connectivity index (χ3n) is 3.35. The number of ether oxygens (including phenoxy) is 2. The number of pyridine rings is 1. The van der Waals surface area contributed by atoms with Crippen LogP contribution in [0, 0.1) is 0 Å². The molecule has 0 saturated carbocycles. The molecule has 2 rings (SSSR count). The number of hydrogen-bond donors (Lipinski definition) is 1. The number of hydrogen-bond acceptors (Lipinski definition) is 4. The van der Waals surface area contributed by atoms with Gasteiger partial charge >= 0.3 is 0 Å². The summed E-state index contributed by atoms with van der Waals surface area (Å²) in [6.45, 7) is 5.50. The number of aromatic nitrogens is 1. The number of nitrogens with one attached hydrogen (secondary N) is 1. The molecule has 4 heteroatoms. The topological polar surface area (TPSA) is 43.4 Å². The van der Waals surface area contributed by atoms with Gasteiger partial charge in [0.05, 0.1) is 25.4 Å². The van der Waals surface area contributed by atoms with Crippen LogP contribution in [0.5, 0.6) is 0 Å². The first-order valence-corrected chi connectivity index (χ1v) is 7.22. The lowest BCUT2D eigenvalue weighted by atomic mass is 10.2. The van der Waals surface area contributed by atoms with Gasteiger partial charge in [0.2, 0.25) is 0 Å². The van der Waals surface area contributed by atoms with E-state index in [1.54, 1.807) is 0 Å². The molecule has 0 aliphatic carbocycles. The fourth-order valence-electron chi connectivity index (χ4n) is 2.30. The maximum Gasteiger partial charge on any atom is 0.0813 e. The Morgan fingerprint density at radius 3 is 3.05 bits per heavy atom. The van der Waals surface area contributed by atoms with Gasteiger partial charge in [-0.25, -0.2) is 0 Å². The van der Waals surface area contributed by atoms with Crippen LogP contribution in [-0.2, 0) is 15.9 Å². The summed E-state index contributed by atoms with van der Waals surface area (Å²) in [5.74, 6) is 0. The van der Waals surface area contributed by atoms with Crippen LogP contribution in [0.2, 0.25) is 0 Å². The molecule has 2 unspecified atom stereocenters. The summed E-state index contributed by atoms with van der Waals surface area (Å²) < 4.78 is 11.6. The lowest BCUT2D eigenvalue weighted by Crippen LogP contribution is -2.27. The monoisotopic (exact) mass is 264 g/mol. The normalized spacial score (nSPS) is 22.8. The molecule has 0 radical (unpaired) electrons. The van der Waals surface area contributed by atoms with E-state index in [0.717, 1.165) is 44.7 Å². The van der Waals surface area contributed by atoms with Crippen molar-refractivity contribution in [3.05, 3.63) is 30.1 Å². The molecule has 1 fully saturated rings. The van der Waals surface area contributed by atoms with E-state index in [1.807, 2.05) is 24.4 Å². The third-order valence-corrected chi connectivity index (χ3v) is 3.35. The predicted octanol–water partition coefficient (Wildman–Crippen LogP) is 1.80.